The number of halogens is 1. The number of guanidine groups is 1. The van der Waals surface area contributed by atoms with E-state index in [2.05, 4.69) is 22.5 Å². The highest BCUT2D eigenvalue weighted by atomic mass is 127. The van der Waals surface area contributed by atoms with Gasteiger partial charge in [-0.05, 0) is 56.2 Å². The Hall–Kier alpha value is -2.16. The van der Waals surface area contributed by atoms with Gasteiger partial charge in [0, 0.05) is 13.6 Å². The van der Waals surface area contributed by atoms with Crippen LogP contribution in [0.25, 0.3) is 0 Å². The molecule has 0 amide bonds. The van der Waals surface area contributed by atoms with Gasteiger partial charge in [-0.25, -0.2) is 0 Å². The molecule has 0 saturated carbocycles. The topological polar surface area (TPSA) is 64.1 Å². The molecular weight excluding hydrogens is 481 g/mol. The molecule has 0 aromatic heterocycles. The Labute approximate surface area is 191 Å². The van der Waals surface area contributed by atoms with Gasteiger partial charge in [0.05, 0.1) is 26.4 Å². The number of rotatable bonds is 9. The van der Waals surface area contributed by atoms with E-state index in [1.165, 1.54) is 0 Å². The van der Waals surface area contributed by atoms with Crippen LogP contribution < -0.4 is 24.8 Å². The Bertz CT molecular complexity index is 784. The molecule has 2 aromatic rings. The largest absolute Gasteiger partial charge is 0.497 e. The van der Waals surface area contributed by atoms with Gasteiger partial charge in [-0.1, -0.05) is 18.2 Å². The number of aliphatic imine (C=N–C) groups is 1. The maximum absolute atomic E-state index is 5.73. The van der Waals surface area contributed by atoms with E-state index in [0.717, 1.165) is 34.3 Å². The first-order valence-corrected chi connectivity index (χ1v) is 9.60. The van der Waals surface area contributed by atoms with Gasteiger partial charge in [0.25, 0.3) is 0 Å². The van der Waals surface area contributed by atoms with Crippen molar-refractivity contribution in [2.75, 3.05) is 27.4 Å². The van der Waals surface area contributed by atoms with Crippen molar-refractivity contribution in [1.29, 1.82) is 0 Å². The number of hydrogen-bond donors (Lipinski definition) is 2. The molecule has 1 atom stereocenters. The van der Waals surface area contributed by atoms with Crippen LogP contribution in [-0.2, 0) is 6.54 Å². The predicted molar refractivity (Wildman–Crippen MR) is 129 cm³/mol. The Kier molecular flexibility index (Phi) is 11.3. The standard InChI is InChI=1S/C22H31N3O3.HI/c1-6-27-20-12-11-18(14-21(20)28-7-2)16(3)25-22(23-4)24-15-17-9-8-10-19(13-17)26-5;/h8-14,16H,6-7,15H2,1-5H3,(H2,23,24,25);1H. The van der Waals surface area contributed by atoms with Crippen molar-refractivity contribution in [2.24, 2.45) is 4.99 Å². The van der Waals surface area contributed by atoms with Gasteiger partial charge in [0.1, 0.15) is 5.75 Å². The number of nitrogens with zero attached hydrogens (tertiary/aromatic N) is 1. The summed E-state index contributed by atoms with van der Waals surface area (Å²) in [5.74, 6) is 3.09. The van der Waals surface area contributed by atoms with E-state index in [0.29, 0.717) is 19.8 Å². The third-order valence-corrected chi connectivity index (χ3v) is 4.24. The molecule has 0 aliphatic heterocycles. The molecule has 1 unspecified atom stereocenters. The molecule has 0 heterocycles. The van der Waals surface area contributed by atoms with Crippen molar-refractivity contribution in [3.8, 4) is 17.2 Å². The van der Waals surface area contributed by atoms with Gasteiger partial charge in [0.2, 0.25) is 0 Å². The van der Waals surface area contributed by atoms with E-state index in [9.17, 15) is 0 Å². The highest BCUT2D eigenvalue weighted by Gasteiger charge is 2.12. The fraction of sp³-hybridized carbons (Fsp3) is 0.409. The van der Waals surface area contributed by atoms with Crippen LogP contribution in [0.5, 0.6) is 17.2 Å². The lowest BCUT2D eigenvalue weighted by atomic mass is 10.1. The number of benzene rings is 2. The fourth-order valence-electron chi connectivity index (χ4n) is 2.79. The molecule has 6 nitrogen and oxygen atoms in total. The van der Waals surface area contributed by atoms with Crippen molar-refractivity contribution in [3.05, 3.63) is 53.6 Å². The summed E-state index contributed by atoms with van der Waals surface area (Å²) in [6, 6.07) is 14.0. The fourth-order valence-corrected chi connectivity index (χ4v) is 2.79. The van der Waals surface area contributed by atoms with Gasteiger partial charge in [-0.3, -0.25) is 4.99 Å². The Morgan fingerprint density at radius 1 is 1.03 bits per heavy atom. The maximum Gasteiger partial charge on any atom is 0.191 e. The third kappa shape index (κ3) is 7.64. The number of nitrogens with one attached hydrogen (secondary N) is 2. The zero-order valence-electron chi connectivity index (χ0n) is 17.8. The monoisotopic (exact) mass is 513 g/mol. The summed E-state index contributed by atoms with van der Waals surface area (Å²) in [6.45, 7) is 7.87. The second kappa shape index (κ2) is 13.1. The molecule has 2 rings (SSSR count). The Morgan fingerprint density at radius 3 is 2.41 bits per heavy atom. The van der Waals surface area contributed by atoms with Crippen LogP contribution in [0.15, 0.2) is 47.5 Å². The lowest BCUT2D eigenvalue weighted by molar-refractivity contribution is 0.287. The molecule has 2 aromatic carbocycles. The first kappa shape index (κ1) is 24.9. The summed E-state index contributed by atoms with van der Waals surface area (Å²) in [5, 5.41) is 6.75. The predicted octanol–water partition coefficient (Wildman–Crippen LogP) is 4.54. The minimum absolute atomic E-state index is 0. The van der Waals surface area contributed by atoms with E-state index in [1.807, 2.05) is 56.3 Å². The van der Waals surface area contributed by atoms with Gasteiger partial charge in [-0.15, -0.1) is 24.0 Å². The van der Waals surface area contributed by atoms with Crippen LogP contribution in [0.3, 0.4) is 0 Å². The summed E-state index contributed by atoms with van der Waals surface area (Å²) in [6.07, 6.45) is 0. The second-order valence-corrected chi connectivity index (χ2v) is 6.22. The van der Waals surface area contributed by atoms with Gasteiger partial charge in [-0.2, -0.15) is 0 Å². The van der Waals surface area contributed by atoms with E-state index < -0.39 is 0 Å². The minimum Gasteiger partial charge on any atom is -0.497 e. The highest BCUT2D eigenvalue weighted by molar-refractivity contribution is 14.0. The van der Waals surface area contributed by atoms with E-state index in [-0.39, 0.29) is 30.0 Å². The molecule has 29 heavy (non-hydrogen) atoms. The van der Waals surface area contributed by atoms with E-state index in [4.69, 9.17) is 14.2 Å². The van der Waals surface area contributed by atoms with Crippen LogP contribution in [0, 0.1) is 0 Å². The summed E-state index contributed by atoms with van der Waals surface area (Å²) in [4.78, 5) is 4.32. The molecular formula is C22H32IN3O3. The van der Waals surface area contributed by atoms with Gasteiger partial charge >= 0.3 is 0 Å². The number of hydrogen-bond acceptors (Lipinski definition) is 4. The molecule has 0 saturated heterocycles. The van der Waals surface area contributed by atoms with E-state index in [1.54, 1.807) is 14.2 Å². The molecule has 0 fully saturated rings. The molecule has 0 bridgehead atoms. The third-order valence-electron chi connectivity index (χ3n) is 4.24. The van der Waals surface area contributed by atoms with Crippen LogP contribution in [0.1, 0.15) is 37.9 Å². The van der Waals surface area contributed by atoms with Crippen LogP contribution in [-0.4, -0.2) is 33.3 Å². The molecule has 0 radical (unpaired) electrons. The molecule has 160 valence electrons. The summed E-state index contributed by atoms with van der Waals surface area (Å²) in [5.41, 5.74) is 2.21. The summed E-state index contributed by atoms with van der Waals surface area (Å²) >= 11 is 0. The van der Waals surface area contributed by atoms with Crippen molar-refractivity contribution in [2.45, 2.75) is 33.4 Å². The van der Waals surface area contributed by atoms with E-state index >= 15 is 0 Å². The van der Waals surface area contributed by atoms with Gasteiger partial charge in [0.15, 0.2) is 17.5 Å². The molecule has 0 spiro atoms. The molecule has 0 aliphatic carbocycles. The summed E-state index contributed by atoms with van der Waals surface area (Å²) in [7, 11) is 3.43. The van der Waals surface area contributed by atoms with Crippen molar-refractivity contribution in [3.63, 3.8) is 0 Å². The lowest BCUT2D eigenvalue weighted by Crippen LogP contribution is -2.38. The minimum atomic E-state index is 0. The number of methoxy groups -OCH3 is 1. The van der Waals surface area contributed by atoms with Crippen LogP contribution in [0.2, 0.25) is 0 Å². The van der Waals surface area contributed by atoms with Gasteiger partial charge < -0.3 is 24.8 Å². The Morgan fingerprint density at radius 2 is 1.76 bits per heavy atom. The zero-order valence-corrected chi connectivity index (χ0v) is 20.2. The molecule has 7 heteroatoms. The van der Waals surface area contributed by atoms with Crippen LogP contribution >= 0.6 is 24.0 Å². The lowest BCUT2D eigenvalue weighted by Gasteiger charge is -2.20. The maximum atomic E-state index is 5.73. The Balaban J connectivity index is 0.00000420. The summed E-state index contributed by atoms with van der Waals surface area (Å²) < 4.78 is 16.6. The first-order chi connectivity index (χ1) is 13.6. The highest BCUT2D eigenvalue weighted by Crippen LogP contribution is 2.30. The van der Waals surface area contributed by atoms with Crippen LogP contribution in [0.4, 0.5) is 0 Å². The average Bonchev–Trinajstić information content (AvgIpc) is 2.72. The average molecular weight is 513 g/mol. The number of ether oxygens (including phenoxy) is 3. The quantitative estimate of drug-likeness (QED) is 0.293. The van der Waals surface area contributed by atoms with Crippen molar-refractivity contribution in [1.82, 2.24) is 10.6 Å². The normalized spacial score (nSPS) is 11.8. The zero-order chi connectivity index (χ0) is 20.4. The van der Waals surface area contributed by atoms with Crippen molar-refractivity contribution < 1.29 is 14.2 Å². The van der Waals surface area contributed by atoms with Crippen molar-refractivity contribution >= 4 is 29.9 Å². The molecule has 2 N–H and O–H groups in total. The second-order valence-electron chi connectivity index (χ2n) is 6.22. The smallest absolute Gasteiger partial charge is 0.191 e. The molecule has 0 aliphatic rings. The first-order valence-electron chi connectivity index (χ1n) is 9.60. The SMILES string of the molecule is CCOc1ccc(C(C)NC(=NC)NCc2cccc(OC)c2)cc1OCC.I.